The van der Waals surface area contributed by atoms with E-state index in [1.54, 1.807) is 12.1 Å². The maximum atomic E-state index is 13.8. The first-order chi connectivity index (χ1) is 13.3. The Morgan fingerprint density at radius 2 is 1.93 bits per heavy atom. The van der Waals surface area contributed by atoms with E-state index < -0.39 is 0 Å². The highest BCUT2D eigenvalue weighted by atomic mass is 19.1. The number of nitrogens with zero attached hydrogens (tertiary/aromatic N) is 3. The Labute approximate surface area is 157 Å². The van der Waals surface area contributed by atoms with Crippen molar-refractivity contribution in [1.82, 2.24) is 9.97 Å². The summed E-state index contributed by atoms with van der Waals surface area (Å²) in [6.45, 7) is 1.52. The van der Waals surface area contributed by atoms with Gasteiger partial charge in [-0.1, -0.05) is 30.3 Å². The van der Waals surface area contributed by atoms with Crippen molar-refractivity contribution in [3.05, 3.63) is 59.9 Å². The SMILES string of the molecule is OC[C@@H]1CCCN1c1nc(NCCc2ccccc2F)c2ccccc2n1. The number of aromatic nitrogens is 2. The number of nitrogens with one attached hydrogen (secondary N) is 1. The first-order valence-corrected chi connectivity index (χ1v) is 9.38. The van der Waals surface area contributed by atoms with Gasteiger partial charge in [-0.25, -0.2) is 9.37 Å². The van der Waals surface area contributed by atoms with Crippen molar-refractivity contribution in [3.8, 4) is 0 Å². The van der Waals surface area contributed by atoms with Gasteiger partial charge in [0.05, 0.1) is 18.2 Å². The fourth-order valence-electron chi connectivity index (χ4n) is 3.63. The Balaban J connectivity index is 1.60. The van der Waals surface area contributed by atoms with Gasteiger partial charge in [-0.2, -0.15) is 4.98 Å². The van der Waals surface area contributed by atoms with Gasteiger partial charge in [-0.15, -0.1) is 0 Å². The average Bonchev–Trinajstić information content (AvgIpc) is 3.18. The van der Waals surface area contributed by atoms with Crippen LogP contribution in [0.2, 0.25) is 0 Å². The maximum Gasteiger partial charge on any atom is 0.228 e. The number of hydrogen-bond donors (Lipinski definition) is 2. The van der Waals surface area contributed by atoms with Crippen molar-refractivity contribution < 1.29 is 9.50 Å². The summed E-state index contributed by atoms with van der Waals surface area (Å²) in [7, 11) is 0. The third-order valence-electron chi connectivity index (χ3n) is 5.08. The molecule has 4 rings (SSSR count). The molecule has 0 spiro atoms. The molecule has 1 aromatic heterocycles. The normalized spacial score (nSPS) is 16.8. The van der Waals surface area contributed by atoms with E-state index in [4.69, 9.17) is 9.97 Å². The zero-order chi connectivity index (χ0) is 18.6. The van der Waals surface area contributed by atoms with Crippen molar-refractivity contribution in [2.75, 3.05) is 29.9 Å². The standard InChI is InChI=1S/C21H23FN4O/c22-18-9-3-1-6-15(18)11-12-23-20-17-8-2-4-10-19(17)24-21(25-20)26-13-5-7-16(26)14-27/h1-4,6,8-10,16,27H,5,7,11-14H2,(H,23,24,25)/t16-/m0/s1. The Hall–Kier alpha value is -2.73. The van der Waals surface area contributed by atoms with Crippen molar-refractivity contribution in [2.24, 2.45) is 0 Å². The highest BCUT2D eigenvalue weighted by Crippen LogP contribution is 2.27. The van der Waals surface area contributed by atoms with Gasteiger partial charge in [0.1, 0.15) is 11.6 Å². The molecule has 2 heterocycles. The highest BCUT2D eigenvalue weighted by molar-refractivity contribution is 5.90. The second-order valence-electron chi connectivity index (χ2n) is 6.83. The summed E-state index contributed by atoms with van der Waals surface area (Å²) >= 11 is 0. The molecule has 0 bridgehead atoms. The van der Waals surface area contributed by atoms with Gasteiger partial charge < -0.3 is 15.3 Å². The van der Waals surface area contributed by atoms with Crippen LogP contribution in [-0.2, 0) is 6.42 Å². The predicted octanol–water partition coefficient (Wildman–Crippen LogP) is 3.38. The van der Waals surface area contributed by atoms with Gasteiger partial charge >= 0.3 is 0 Å². The van der Waals surface area contributed by atoms with Gasteiger partial charge in [0, 0.05) is 18.5 Å². The molecule has 3 aromatic rings. The minimum absolute atomic E-state index is 0.0671. The molecule has 0 amide bonds. The van der Waals surface area contributed by atoms with Crippen molar-refractivity contribution in [3.63, 3.8) is 0 Å². The lowest BCUT2D eigenvalue weighted by molar-refractivity contribution is 0.265. The highest BCUT2D eigenvalue weighted by Gasteiger charge is 2.26. The molecule has 0 saturated carbocycles. The number of rotatable bonds is 6. The van der Waals surface area contributed by atoms with Gasteiger partial charge in [-0.05, 0) is 43.0 Å². The molecular formula is C21H23FN4O. The summed E-state index contributed by atoms with van der Waals surface area (Å²) in [5, 5.41) is 13.9. The number of anilines is 2. The maximum absolute atomic E-state index is 13.8. The lowest BCUT2D eigenvalue weighted by atomic mass is 10.1. The third-order valence-corrected chi connectivity index (χ3v) is 5.08. The Morgan fingerprint density at radius 1 is 1.11 bits per heavy atom. The molecule has 2 N–H and O–H groups in total. The van der Waals surface area contributed by atoms with Gasteiger partial charge in [0.25, 0.3) is 0 Å². The number of aliphatic hydroxyl groups is 1. The van der Waals surface area contributed by atoms with Gasteiger partial charge in [0.15, 0.2) is 0 Å². The van der Waals surface area contributed by atoms with Crippen LogP contribution >= 0.6 is 0 Å². The first-order valence-electron chi connectivity index (χ1n) is 9.38. The molecule has 5 nitrogen and oxygen atoms in total. The summed E-state index contributed by atoms with van der Waals surface area (Å²) in [5.41, 5.74) is 1.54. The summed E-state index contributed by atoms with van der Waals surface area (Å²) in [4.78, 5) is 11.5. The number of benzene rings is 2. The zero-order valence-electron chi connectivity index (χ0n) is 15.1. The molecule has 0 radical (unpaired) electrons. The molecule has 0 aliphatic carbocycles. The van der Waals surface area contributed by atoms with Gasteiger partial charge in [0.2, 0.25) is 5.95 Å². The molecule has 1 fully saturated rings. The van der Waals surface area contributed by atoms with E-state index in [2.05, 4.69) is 10.2 Å². The van der Waals surface area contributed by atoms with Crippen LogP contribution in [0.3, 0.4) is 0 Å². The first kappa shape index (κ1) is 17.7. The number of para-hydroxylation sites is 1. The lowest BCUT2D eigenvalue weighted by Gasteiger charge is -2.24. The van der Waals surface area contributed by atoms with E-state index in [9.17, 15) is 9.50 Å². The summed E-state index contributed by atoms with van der Waals surface area (Å²) in [6.07, 6.45) is 2.55. The minimum Gasteiger partial charge on any atom is -0.394 e. The Bertz CT molecular complexity index is 933. The fourth-order valence-corrected chi connectivity index (χ4v) is 3.63. The van der Waals surface area contributed by atoms with Crippen LogP contribution in [0.5, 0.6) is 0 Å². The van der Waals surface area contributed by atoms with Gasteiger partial charge in [-0.3, -0.25) is 0 Å². The van der Waals surface area contributed by atoms with Crippen molar-refractivity contribution >= 4 is 22.7 Å². The lowest BCUT2D eigenvalue weighted by Crippen LogP contribution is -2.33. The monoisotopic (exact) mass is 366 g/mol. The Kier molecular flexibility index (Phi) is 5.16. The molecule has 1 aliphatic heterocycles. The number of aliphatic hydroxyl groups excluding tert-OH is 1. The second kappa shape index (κ2) is 7.88. The third kappa shape index (κ3) is 3.71. The van der Waals surface area contributed by atoms with Crippen LogP contribution in [0.1, 0.15) is 18.4 Å². The quantitative estimate of drug-likeness (QED) is 0.700. The second-order valence-corrected chi connectivity index (χ2v) is 6.83. The number of hydrogen-bond acceptors (Lipinski definition) is 5. The molecule has 1 atom stereocenters. The number of fused-ring (bicyclic) bond motifs is 1. The fraction of sp³-hybridized carbons (Fsp3) is 0.333. The molecule has 6 heteroatoms. The van der Waals surface area contributed by atoms with Crippen molar-refractivity contribution in [1.29, 1.82) is 0 Å². The molecule has 2 aromatic carbocycles. The van der Waals surface area contributed by atoms with E-state index in [1.165, 1.54) is 6.07 Å². The van der Waals surface area contributed by atoms with Crippen LogP contribution in [0, 0.1) is 5.82 Å². The molecule has 1 aliphatic rings. The van der Waals surface area contributed by atoms with E-state index in [0.29, 0.717) is 24.5 Å². The molecule has 0 unspecified atom stereocenters. The van der Waals surface area contributed by atoms with Crippen LogP contribution in [0.4, 0.5) is 16.2 Å². The van der Waals surface area contributed by atoms with Crippen LogP contribution in [0.15, 0.2) is 48.5 Å². The summed E-state index contributed by atoms with van der Waals surface area (Å²) in [6, 6.07) is 14.8. The smallest absolute Gasteiger partial charge is 0.228 e. The zero-order valence-corrected chi connectivity index (χ0v) is 15.1. The van der Waals surface area contributed by atoms with Crippen LogP contribution < -0.4 is 10.2 Å². The van der Waals surface area contributed by atoms with E-state index in [0.717, 1.165) is 36.1 Å². The predicted molar refractivity (Wildman–Crippen MR) is 106 cm³/mol. The van der Waals surface area contributed by atoms with Crippen LogP contribution in [0.25, 0.3) is 10.9 Å². The summed E-state index contributed by atoms with van der Waals surface area (Å²) in [5.74, 6) is 1.20. The van der Waals surface area contributed by atoms with E-state index in [1.807, 2.05) is 30.3 Å². The van der Waals surface area contributed by atoms with Crippen molar-refractivity contribution in [2.45, 2.75) is 25.3 Å². The topological polar surface area (TPSA) is 61.3 Å². The largest absolute Gasteiger partial charge is 0.394 e. The Morgan fingerprint density at radius 3 is 2.78 bits per heavy atom. The van der Waals surface area contributed by atoms with Crippen LogP contribution in [-0.4, -0.2) is 40.8 Å². The van der Waals surface area contributed by atoms with E-state index in [-0.39, 0.29) is 18.5 Å². The summed E-state index contributed by atoms with van der Waals surface area (Å²) < 4.78 is 13.8. The molecular weight excluding hydrogens is 343 g/mol. The number of halogens is 1. The van der Waals surface area contributed by atoms with E-state index >= 15 is 0 Å². The molecule has 140 valence electrons. The molecule has 1 saturated heterocycles. The minimum atomic E-state index is -0.185. The average molecular weight is 366 g/mol. The molecule has 27 heavy (non-hydrogen) atoms.